The van der Waals surface area contributed by atoms with Crippen molar-refractivity contribution in [1.29, 1.82) is 0 Å². The van der Waals surface area contributed by atoms with Gasteiger partial charge in [-0.3, -0.25) is 0 Å². The summed E-state index contributed by atoms with van der Waals surface area (Å²) in [4.78, 5) is 0. The van der Waals surface area contributed by atoms with Crippen LogP contribution < -0.4 is 37.9 Å². The third-order valence-electron chi connectivity index (χ3n) is 11.4. The molecule has 358 valence electrons. The highest BCUT2D eigenvalue weighted by atomic mass is 16.5. The van der Waals surface area contributed by atoms with Gasteiger partial charge >= 0.3 is 0 Å². The summed E-state index contributed by atoms with van der Waals surface area (Å²) in [6.07, 6.45) is 0.999. The molecule has 0 aliphatic rings. The third-order valence-corrected chi connectivity index (χ3v) is 11.4. The maximum Gasteiger partial charge on any atom is 0.123 e. The van der Waals surface area contributed by atoms with E-state index in [1.807, 2.05) is 194 Å². The van der Waals surface area contributed by atoms with Crippen molar-refractivity contribution in [2.24, 2.45) is 5.92 Å². The number of benzene rings is 8. The highest BCUT2D eigenvalue weighted by Gasteiger charge is 2.13. The van der Waals surface area contributed by atoms with E-state index in [0.717, 1.165) is 45.4 Å². The summed E-state index contributed by atoms with van der Waals surface area (Å²) in [7, 11) is 0. The van der Waals surface area contributed by atoms with Gasteiger partial charge in [-0.25, -0.2) is 0 Å². The second kappa shape index (κ2) is 25.5. The zero-order chi connectivity index (χ0) is 48.2. The van der Waals surface area contributed by atoms with Crippen molar-refractivity contribution in [3.05, 3.63) is 239 Å². The van der Waals surface area contributed by atoms with Crippen molar-refractivity contribution in [3.63, 3.8) is 0 Å². The molecule has 0 saturated carbocycles. The standard InChI is InChI=1S/C61H60O9/c1-3-45(2)37-63-54-24-50(36-62)25-55(32-54)68-42-53-30-60(69-43-51-26-56(64-38-46-16-8-4-9-17-46)33-57(27-51)65-39-47-18-10-5-11-19-47)35-61(31-53)70-44-52-28-58(66-40-48-20-12-6-13-21-48)34-59(29-52)67-41-49-22-14-7-15-23-49/h4-35,45,62H,3,36-44H2,1-2H3/t45-/m0/s1. The first kappa shape index (κ1) is 48.6. The van der Waals surface area contributed by atoms with Crippen LogP contribution in [0.4, 0.5) is 0 Å². The molecular formula is C61H60O9. The molecule has 0 radical (unpaired) electrons. The summed E-state index contributed by atoms with van der Waals surface area (Å²) in [5.74, 6) is 5.42. The Morgan fingerprint density at radius 1 is 0.300 bits per heavy atom. The number of rotatable bonds is 26. The third kappa shape index (κ3) is 15.6. The summed E-state index contributed by atoms with van der Waals surface area (Å²) in [5.41, 5.74) is 7.46. The van der Waals surface area contributed by atoms with Crippen LogP contribution in [0.25, 0.3) is 0 Å². The molecule has 1 atom stereocenters. The molecular weight excluding hydrogens is 877 g/mol. The van der Waals surface area contributed by atoms with Gasteiger partial charge in [0.15, 0.2) is 0 Å². The minimum Gasteiger partial charge on any atom is -0.493 e. The number of hydrogen-bond donors (Lipinski definition) is 1. The smallest absolute Gasteiger partial charge is 0.123 e. The molecule has 0 heterocycles. The van der Waals surface area contributed by atoms with Gasteiger partial charge in [-0.2, -0.15) is 0 Å². The van der Waals surface area contributed by atoms with E-state index >= 15 is 0 Å². The topological polar surface area (TPSA) is 94.1 Å². The maximum atomic E-state index is 10.1. The zero-order valence-electron chi connectivity index (χ0n) is 39.8. The van der Waals surface area contributed by atoms with Crippen molar-refractivity contribution >= 4 is 0 Å². The molecule has 70 heavy (non-hydrogen) atoms. The molecule has 1 N–H and O–H groups in total. The molecule has 8 aromatic rings. The van der Waals surface area contributed by atoms with Crippen LogP contribution in [0.2, 0.25) is 0 Å². The van der Waals surface area contributed by atoms with Crippen molar-refractivity contribution in [2.75, 3.05) is 6.61 Å². The molecule has 0 unspecified atom stereocenters. The van der Waals surface area contributed by atoms with Crippen LogP contribution in [0.5, 0.6) is 46.0 Å². The first-order chi connectivity index (χ1) is 34.4. The van der Waals surface area contributed by atoms with Gasteiger partial charge in [0.05, 0.1) is 13.2 Å². The maximum absolute atomic E-state index is 10.1. The Balaban J connectivity index is 1.04. The Hall–Kier alpha value is -7.88. The number of aliphatic hydroxyl groups is 1. The van der Waals surface area contributed by atoms with Gasteiger partial charge in [-0.1, -0.05) is 142 Å². The van der Waals surface area contributed by atoms with Gasteiger partial charge in [0, 0.05) is 24.3 Å². The number of ether oxygens (including phenoxy) is 8. The van der Waals surface area contributed by atoms with Crippen LogP contribution in [0.15, 0.2) is 194 Å². The normalized spacial score (nSPS) is 11.3. The summed E-state index contributed by atoms with van der Waals surface area (Å²) in [6.45, 7) is 6.94. The fraction of sp³-hybridized carbons (Fsp3) is 0.213. The van der Waals surface area contributed by atoms with E-state index in [-0.39, 0.29) is 26.4 Å². The highest BCUT2D eigenvalue weighted by molar-refractivity contribution is 5.43. The van der Waals surface area contributed by atoms with Gasteiger partial charge in [0.2, 0.25) is 0 Å². The molecule has 0 spiro atoms. The van der Waals surface area contributed by atoms with Crippen molar-refractivity contribution < 1.29 is 43.0 Å². The number of hydrogen-bond acceptors (Lipinski definition) is 9. The van der Waals surface area contributed by atoms with Crippen LogP contribution in [-0.4, -0.2) is 11.7 Å². The molecule has 8 rings (SSSR count). The molecule has 0 bridgehead atoms. The van der Waals surface area contributed by atoms with Crippen LogP contribution in [0, 0.1) is 5.92 Å². The summed E-state index contributed by atoms with van der Waals surface area (Å²) in [6, 6.07) is 63.2. The summed E-state index contributed by atoms with van der Waals surface area (Å²) < 4.78 is 50.8. The first-order valence-corrected chi connectivity index (χ1v) is 23.8. The largest absolute Gasteiger partial charge is 0.493 e. The van der Waals surface area contributed by atoms with Gasteiger partial charge in [0.1, 0.15) is 92.2 Å². The molecule has 9 nitrogen and oxygen atoms in total. The van der Waals surface area contributed by atoms with Crippen LogP contribution >= 0.6 is 0 Å². The lowest BCUT2D eigenvalue weighted by atomic mass is 10.1. The molecule has 0 aliphatic carbocycles. The lowest BCUT2D eigenvalue weighted by molar-refractivity contribution is 0.249. The van der Waals surface area contributed by atoms with E-state index in [1.165, 1.54) is 0 Å². The van der Waals surface area contributed by atoms with Crippen molar-refractivity contribution in [3.8, 4) is 46.0 Å². The van der Waals surface area contributed by atoms with Crippen molar-refractivity contribution in [1.82, 2.24) is 0 Å². The molecule has 8 aromatic carbocycles. The zero-order valence-corrected chi connectivity index (χ0v) is 39.8. The SMILES string of the molecule is CC[C@H](C)COc1cc(CO)cc(OCc2cc(OCc3cc(OCc4ccccc4)cc(OCc4ccccc4)c3)cc(OCc3cc(OCc4ccccc4)cc(OCc4ccccc4)c3)c2)c1. The van der Waals surface area contributed by atoms with E-state index in [1.54, 1.807) is 0 Å². The van der Waals surface area contributed by atoms with Gasteiger partial charge in [-0.15, -0.1) is 0 Å². The minimum absolute atomic E-state index is 0.146. The predicted molar refractivity (Wildman–Crippen MR) is 273 cm³/mol. The van der Waals surface area contributed by atoms with E-state index in [2.05, 4.69) is 13.8 Å². The molecule has 0 aromatic heterocycles. The lowest BCUT2D eigenvalue weighted by Crippen LogP contribution is -2.07. The fourth-order valence-electron chi connectivity index (χ4n) is 7.35. The first-order valence-electron chi connectivity index (χ1n) is 23.8. The monoisotopic (exact) mass is 936 g/mol. The van der Waals surface area contributed by atoms with Crippen LogP contribution in [0.3, 0.4) is 0 Å². The van der Waals surface area contributed by atoms with E-state index in [0.29, 0.717) is 90.5 Å². The minimum atomic E-state index is -0.146. The van der Waals surface area contributed by atoms with Crippen LogP contribution in [0.1, 0.15) is 64.8 Å². The summed E-state index contributed by atoms with van der Waals surface area (Å²) in [5, 5.41) is 10.1. The Bertz CT molecular complexity index is 2540. The molecule has 0 aliphatic heterocycles. The quantitative estimate of drug-likeness (QED) is 0.0570. The second-order valence-electron chi connectivity index (χ2n) is 17.2. The summed E-state index contributed by atoms with van der Waals surface area (Å²) >= 11 is 0. The average molecular weight is 937 g/mol. The molecule has 0 saturated heterocycles. The highest BCUT2D eigenvalue weighted by Crippen LogP contribution is 2.32. The Morgan fingerprint density at radius 2 is 0.529 bits per heavy atom. The molecule has 9 heteroatoms. The Kier molecular flexibility index (Phi) is 17.7. The Morgan fingerprint density at radius 3 is 0.771 bits per heavy atom. The lowest BCUT2D eigenvalue weighted by Gasteiger charge is -2.16. The van der Waals surface area contributed by atoms with E-state index in [9.17, 15) is 5.11 Å². The second-order valence-corrected chi connectivity index (χ2v) is 17.2. The van der Waals surface area contributed by atoms with E-state index in [4.69, 9.17) is 37.9 Å². The van der Waals surface area contributed by atoms with Crippen molar-refractivity contribution in [2.45, 2.75) is 73.1 Å². The van der Waals surface area contributed by atoms with Gasteiger partial charge in [0.25, 0.3) is 0 Å². The average Bonchev–Trinajstić information content (AvgIpc) is 3.41. The number of aliphatic hydroxyl groups excluding tert-OH is 1. The van der Waals surface area contributed by atoms with Gasteiger partial charge < -0.3 is 43.0 Å². The van der Waals surface area contributed by atoms with E-state index < -0.39 is 0 Å². The van der Waals surface area contributed by atoms with Crippen LogP contribution in [-0.2, 0) is 52.9 Å². The Labute approximate surface area is 411 Å². The fourth-order valence-corrected chi connectivity index (χ4v) is 7.35. The predicted octanol–water partition coefficient (Wildman–Crippen LogP) is 13.7. The van der Waals surface area contributed by atoms with Gasteiger partial charge in [-0.05, 0) is 99.0 Å². The molecule has 0 amide bonds. The molecule has 0 fully saturated rings.